The summed E-state index contributed by atoms with van der Waals surface area (Å²) in [7, 11) is -2.30. The van der Waals surface area contributed by atoms with Gasteiger partial charge >= 0.3 is 8.80 Å². The zero-order chi connectivity index (χ0) is 25.7. The number of aryl methyl sites for hydroxylation is 1. The lowest BCUT2D eigenvalue weighted by atomic mass is 9.73. The van der Waals surface area contributed by atoms with Gasteiger partial charge in [-0.15, -0.1) is 0 Å². The molecule has 0 saturated heterocycles. The van der Waals surface area contributed by atoms with E-state index in [0.717, 1.165) is 23.9 Å². The van der Waals surface area contributed by atoms with Crippen LogP contribution in [0.5, 0.6) is 0 Å². The summed E-state index contributed by atoms with van der Waals surface area (Å²) >= 11 is 5.90. The molecule has 34 heavy (non-hydrogen) atoms. The van der Waals surface area contributed by atoms with E-state index in [1.165, 1.54) is 11.9 Å². The van der Waals surface area contributed by atoms with E-state index < -0.39 is 14.4 Å². The van der Waals surface area contributed by atoms with E-state index in [0.29, 0.717) is 32.8 Å². The van der Waals surface area contributed by atoms with Crippen molar-refractivity contribution in [2.75, 3.05) is 19.8 Å². The summed E-state index contributed by atoms with van der Waals surface area (Å²) in [5.74, 6) is 0. The minimum Gasteiger partial charge on any atom is -0.387 e. The van der Waals surface area contributed by atoms with Gasteiger partial charge in [-0.05, 0) is 56.7 Å². The monoisotopic (exact) mass is 513 g/mol. The van der Waals surface area contributed by atoms with Crippen LogP contribution < -0.4 is 0 Å². The number of halogens is 1. The van der Waals surface area contributed by atoms with Crippen molar-refractivity contribution in [1.82, 2.24) is 14.8 Å². The van der Waals surface area contributed by atoms with Gasteiger partial charge in [0.05, 0.1) is 12.1 Å². The summed E-state index contributed by atoms with van der Waals surface area (Å²) in [4.78, 5) is 3.94. The molecular formula is C25H44ClN3O4Si. The van der Waals surface area contributed by atoms with Gasteiger partial charge in [-0.25, -0.2) is 4.98 Å². The molecule has 1 heterocycles. The Bertz CT molecular complexity index is 755. The summed E-state index contributed by atoms with van der Waals surface area (Å²) in [5.41, 5.74) is 0.0479. The maximum absolute atomic E-state index is 11.1. The molecule has 194 valence electrons. The number of hydrogen-bond donors (Lipinski definition) is 1. The lowest BCUT2D eigenvalue weighted by Crippen LogP contribution is -2.47. The van der Waals surface area contributed by atoms with E-state index >= 15 is 0 Å². The van der Waals surface area contributed by atoms with Gasteiger partial charge in [0.2, 0.25) is 0 Å². The van der Waals surface area contributed by atoms with Crippen molar-refractivity contribution >= 4 is 20.4 Å². The third kappa shape index (κ3) is 10.1. The average Bonchev–Trinajstić information content (AvgIpc) is 3.27. The van der Waals surface area contributed by atoms with Crippen molar-refractivity contribution in [3.05, 3.63) is 47.5 Å². The van der Waals surface area contributed by atoms with Gasteiger partial charge in [0.15, 0.2) is 0 Å². The first-order valence-corrected chi connectivity index (χ1v) is 14.6. The molecule has 0 fully saturated rings. The van der Waals surface area contributed by atoms with Crippen molar-refractivity contribution < 1.29 is 18.4 Å². The fraction of sp³-hybridized carbons (Fsp3) is 0.680. The van der Waals surface area contributed by atoms with Crippen molar-refractivity contribution in [1.29, 1.82) is 0 Å². The van der Waals surface area contributed by atoms with Crippen LogP contribution in [-0.4, -0.2) is 54.1 Å². The van der Waals surface area contributed by atoms with Crippen LogP contribution in [0.4, 0.5) is 0 Å². The molecule has 0 radical (unpaired) electrons. The fourth-order valence-electron chi connectivity index (χ4n) is 3.58. The standard InChI is InChI=1S/C16H22ClN3O.C9H22O3Si/c1-15(2,3)16(21,10-20-12-18-11-19-20)9-8-13-4-6-14(17)7-5-13;1-5-9-13(10-6-2,11-7-3)12-8-4/h4-7,11-12,21H,8-10H2,1-3H3;5-9H2,1-4H3. The lowest BCUT2D eigenvalue weighted by Gasteiger charge is -2.40. The SMILES string of the molecule is CC(C)(C)C(O)(CCc1ccc(Cl)cc1)Cn1cncn1.CCC[Si](OCC)(OCC)OCC. The number of hydrogen-bond acceptors (Lipinski definition) is 6. The summed E-state index contributed by atoms with van der Waals surface area (Å²) in [5, 5.41) is 16.0. The molecule has 9 heteroatoms. The minimum absolute atomic E-state index is 0.259. The smallest absolute Gasteiger partial charge is 0.387 e. The fourth-order valence-corrected chi connectivity index (χ4v) is 6.32. The summed E-state index contributed by atoms with van der Waals surface area (Å²) in [6.07, 6.45) is 5.62. The zero-order valence-electron chi connectivity index (χ0n) is 22.0. The molecule has 1 aromatic heterocycles. The highest BCUT2D eigenvalue weighted by molar-refractivity contribution is 6.60. The van der Waals surface area contributed by atoms with Gasteiger partial charge in [-0.2, -0.15) is 5.10 Å². The number of aromatic nitrogens is 3. The maximum Gasteiger partial charge on any atom is 0.500 e. The topological polar surface area (TPSA) is 78.6 Å². The summed E-state index contributed by atoms with van der Waals surface area (Å²) < 4.78 is 18.6. The Morgan fingerprint density at radius 2 is 1.53 bits per heavy atom. The number of benzene rings is 1. The number of aliphatic hydroxyl groups is 1. The largest absolute Gasteiger partial charge is 0.500 e. The van der Waals surface area contributed by atoms with Gasteiger partial charge in [-0.1, -0.05) is 57.8 Å². The Labute approximate surface area is 212 Å². The molecule has 1 aromatic carbocycles. The molecule has 1 N–H and O–H groups in total. The third-order valence-corrected chi connectivity index (χ3v) is 9.23. The maximum atomic E-state index is 11.1. The van der Waals surface area contributed by atoms with E-state index in [-0.39, 0.29) is 5.41 Å². The van der Waals surface area contributed by atoms with Gasteiger partial charge < -0.3 is 18.4 Å². The second-order valence-corrected chi connectivity index (χ2v) is 12.4. The Morgan fingerprint density at radius 3 is 1.94 bits per heavy atom. The molecule has 0 saturated carbocycles. The number of rotatable bonds is 13. The first-order valence-electron chi connectivity index (χ1n) is 12.3. The van der Waals surface area contributed by atoms with Crippen LogP contribution in [0, 0.1) is 5.41 Å². The highest BCUT2D eigenvalue weighted by atomic mass is 35.5. The summed E-state index contributed by atoms with van der Waals surface area (Å²) in [6.45, 7) is 16.7. The number of nitrogens with zero attached hydrogens (tertiary/aromatic N) is 3. The molecule has 0 aliphatic rings. The predicted octanol–water partition coefficient (Wildman–Crippen LogP) is 5.79. The Kier molecular flexibility index (Phi) is 13.5. The molecule has 0 amide bonds. The second kappa shape index (κ2) is 15.0. The van der Waals surface area contributed by atoms with E-state index in [4.69, 9.17) is 24.9 Å². The zero-order valence-corrected chi connectivity index (χ0v) is 23.8. The molecular weight excluding hydrogens is 470 g/mol. The highest BCUT2D eigenvalue weighted by Gasteiger charge is 2.40. The van der Waals surface area contributed by atoms with Crippen LogP contribution in [0.3, 0.4) is 0 Å². The van der Waals surface area contributed by atoms with Crippen LogP contribution >= 0.6 is 11.6 Å². The molecule has 2 aromatic rings. The predicted molar refractivity (Wildman–Crippen MR) is 140 cm³/mol. The van der Waals surface area contributed by atoms with Crippen molar-refractivity contribution in [2.24, 2.45) is 5.41 Å². The van der Waals surface area contributed by atoms with Gasteiger partial charge in [0.25, 0.3) is 0 Å². The average molecular weight is 514 g/mol. The van der Waals surface area contributed by atoms with Gasteiger partial charge in [0, 0.05) is 30.9 Å². The first kappa shape index (κ1) is 30.7. The van der Waals surface area contributed by atoms with Crippen LogP contribution in [0.2, 0.25) is 11.1 Å². The Hall–Kier alpha value is -1.29. The quantitative estimate of drug-likeness (QED) is 0.342. The van der Waals surface area contributed by atoms with E-state index in [1.54, 1.807) is 11.0 Å². The van der Waals surface area contributed by atoms with E-state index in [2.05, 4.69) is 17.0 Å². The molecule has 1 unspecified atom stereocenters. The molecule has 0 spiro atoms. The summed E-state index contributed by atoms with van der Waals surface area (Å²) in [6, 6.07) is 8.68. The molecule has 0 aliphatic heterocycles. The second-order valence-electron chi connectivity index (χ2n) is 9.23. The molecule has 2 rings (SSSR count). The van der Waals surface area contributed by atoms with Crippen LogP contribution in [-0.2, 0) is 26.2 Å². The molecule has 1 atom stereocenters. The van der Waals surface area contributed by atoms with Gasteiger partial charge in [0.1, 0.15) is 12.7 Å². The lowest BCUT2D eigenvalue weighted by molar-refractivity contribution is -0.0796. The third-order valence-electron chi connectivity index (χ3n) is 5.68. The van der Waals surface area contributed by atoms with E-state index in [1.807, 2.05) is 65.8 Å². The van der Waals surface area contributed by atoms with Gasteiger partial charge in [-0.3, -0.25) is 4.68 Å². The van der Waals surface area contributed by atoms with Crippen LogP contribution in [0.15, 0.2) is 36.9 Å². The molecule has 0 aliphatic carbocycles. The van der Waals surface area contributed by atoms with Crippen molar-refractivity contribution in [2.45, 2.75) is 85.9 Å². The van der Waals surface area contributed by atoms with Crippen LogP contribution in [0.25, 0.3) is 0 Å². The first-order chi connectivity index (χ1) is 16.0. The Balaban J connectivity index is 0.000000385. The Morgan fingerprint density at radius 1 is 0.971 bits per heavy atom. The highest BCUT2D eigenvalue weighted by Crippen LogP contribution is 2.35. The molecule has 7 nitrogen and oxygen atoms in total. The minimum atomic E-state index is -2.30. The normalized spacial score (nSPS) is 13.8. The van der Waals surface area contributed by atoms with Crippen LogP contribution in [0.1, 0.15) is 66.9 Å². The van der Waals surface area contributed by atoms with Crippen molar-refractivity contribution in [3.63, 3.8) is 0 Å². The van der Waals surface area contributed by atoms with E-state index in [9.17, 15) is 5.11 Å². The van der Waals surface area contributed by atoms with Crippen molar-refractivity contribution in [3.8, 4) is 0 Å². The molecule has 0 bridgehead atoms.